The maximum atomic E-state index is 5.58. The van der Waals surface area contributed by atoms with Gasteiger partial charge in [0.05, 0.1) is 0 Å². The molecule has 0 radical (unpaired) electrons. The summed E-state index contributed by atoms with van der Waals surface area (Å²) in [6.07, 6.45) is 5.33. The Hall–Kier alpha value is -0.730. The van der Waals surface area contributed by atoms with Crippen LogP contribution in [-0.2, 0) is 0 Å². The van der Waals surface area contributed by atoms with E-state index < -0.39 is 0 Å². The topological polar surface area (TPSA) is 50.4 Å². The van der Waals surface area contributed by atoms with E-state index >= 15 is 0 Å². The third-order valence-electron chi connectivity index (χ3n) is 2.74. The molecule has 2 rings (SSSR count). The van der Waals surface area contributed by atoms with Crippen LogP contribution in [0.15, 0.2) is 4.99 Å². The van der Waals surface area contributed by atoms with Crippen LogP contribution in [0.2, 0.25) is 0 Å². The van der Waals surface area contributed by atoms with Crippen molar-refractivity contribution in [3.8, 4) is 0 Å². The Kier molecular flexibility index (Phi) is 1.72. The van der Waals surface area contributed by atoms with Gasteiger partial charge in [0.25, 0.3) is 0 Å². The largest absolute Gasteiger partial charge is 0.370 e. The standard InChI is InChI=1S/C8H15N3/c9-8-10-5-6-3-1-2-4-7(6)11-8/h6-7H,1-5H2,(H3,9,10,11). The van der Waals surface area contributed by atoms with Gasteiger partial charge in [-0.2, -0.15) is 0 Å². The number of rotatable bonds is 0. The summed E-state index contributed by atoms with van der Waals surface area (Å²) in [4.78, 5) is 4.20. The van der Waals surface area contributed by atoms with Crippen molar-refractivity contribution < 1.29 is 0 Å². The van der Waals surface area contributed by atoms with E-state index in [1.54, 1.807) is 0 Å². The van der Waals surface area contributed by atoms with Crippen LogP contribution in [0.4, 0.5) is 0 Å². The van der Waals surface area contributed by atoms with Crippen molar-refractivity contribution in [3.05, 3.63) is 0 Å². The van der Waals surface area contributed by atoms with Crippen LogP contribution in [0.5, 0.6) is 0 Å². The summed E-state index contributed by atoms with van der Waals surface area (Å²) in [6.45, 7) is 0.948. The molecule has 3 nitrogen and oxygen atoms in total. The van der Waals surface area contributed by atoms with E-state index in [2.05, 4.69) is 10.3 Å². The molecular formula is C8H15N3. The van der Waals surface area contributed by atoms with Crippen molar-refractivity contribution in [2.24, 2.45) is 16.6 Å². The molecule has 1 heterocycles. The lowest BCUT2D eigenvalue weighted by Crippen LogP contribution is -2.50. The van der Waals surface area contributed by atoms with E-state index in [4.69, 9.17) is 5.73 Å². The van der Waals surface area contributed by atoms with E-state index in [0.29, 0.717) is 12.0 Å². The first kappa shape index (κ1) is 6.95. The molecule has 3 N–H and O–H groups in total. The van der Waals surface area contributed by atoms with Gasteiger partial charge in [0.1, 0.15) is 0 Å². The van der Waals surface area contributed by atoms with Crippen LogP contribution < -0.4 is 11.1 Å². The first-order chi connectivity index (χ1) is 5.36. The number of hydrogen-bond donors (Lipinski definition) is 2. The van der Waals surface area contributed by atoms with Crippen LogP contribution in [0.25, 0.3) is 0 Å². The smallest absolute Gasteiger partial charge is 0.188 e. The summed E-state index contributed by atoms with van der Waals surface area (Å²) < 4.78 is 0. The van der Waals surface area contributed by atoms with Gasteiger partial charge in [-0.05, 0) is 18.8 Å². The Morgan fingerprint density at radius 3 is 3.09 bits per heavy atom. The molecule has 0 aromatic carbocycles. The minimum absolute atomic E-state index is 0.626. The highest BCUT2D eigenvalue weighted by atomic mass is 15.1. The maximum Gasteiger partial charge on any atom is 0.188 e. The van der Waals surface area contributed by atoms with Crippen molar-refractivity contribution in [3.63, 3.8) is 0 Å². The zero-order valence-corrected chi connectivity index (χ0v) is 6.71. The summed E-state index contributed by atoms with van der Waals surface area (Å²) in [7, 11) is 0. The molecule has 1 saturated carbocycles. The molecule has 0 amide bonds. The number of hydrogen-bond acceptors (Lipinski definition) is 3. The molecule has 0 saturated heterocycles. The molecule has 1 aliphatic carbocycles. The molecule has 0 aromatic rings. The highest BCUT2D eigenvalue weighted by molar-refractivity contribution is 5.78. The van der Waals surface area contributed by atoms with Crippen LogP contribution in [0.1, 0.15) is 25.7 Å². The van der Waals surface area contributed by atoms with Crippen molar-refractivity contribution in [2.75, 3.05) is 6.54 Å². The summed E-state index contributed by atoms with van der Waals surface area (Å²) >= 11 is 0. The lowest BCUT2D eigenvalue weighted by molar-refractivity contribution is 0.282. The number of guanidine groups is 1. The van der Waals surface area contributed by atoms with Crippen LogP contribution in [0.3, 0.4) is 0 Å². The van der Waals surface area contributed by atoms with Gasteiger partial charge in [-0.3, -0.25) is 4.99 Å². The first-order valence-corrected chi connectivity index (χ1v) is 4.43. The summed E-state index contributed by atoms with van der Waals surface area (Å²) in [5.41, 5.74) is 5.58. The molecule has 1 aliphatic heterocycles. The van der Waals surface area contributed by atoms with Gasteiger partial charge in [0.2, 0.25) is 0 Å². The second kappa shape index (κ2) is 2.72. The second-order valence-corrected chi connectivity index (χ2v) is 3.52. The SMILES string of the molecule is NC1=NCC2CCCCC2N1. The van der Waals surface area contributed by atoms with Gasteiger partial charge >= 0.3 is 0 Å². The fourth-order valence-electron chi connectivity index (χ4n) is 2.07. The molecule has 1 fully saturated rings. The molecule has 2 atom stereocenters. The highest BCUT2D eigenvalue weighted by Crippen LogP contribution is 2.25. The average molecular weight is 153 g/mol. The van der Waals surface area contributed by atoms with Crippen LogP contribution >= 0.6 is 0 Å². The van der Waals surface area contributed by atoms with Gasteiger partial charge in [0.15, 0.2) is 5.96 Å². The molecule has 0 spiro atoms. The normalized spacial score (nSPS) is 36.9. The molecule has 2 aliphatic rings. The Labute approximate surface area is 67.1 Å². The molecule has 11 heavy (non-hydrogen) atoms. The predicted molar refractivity (Wildman–Crippen MR) is 45.4 cm³/mol. The molecule has 62 valence electrons. The molecular weight excluding hydrogens is 138 g/mol. The minimum Gasteiger partial charge on any atom is -0.370 e. The summed E-state index contributed by atoms with van der Waals surface area (Å²) in [5, 5.41) is 3.25. The molecule has 3 heteroatoms. The van der Waals surface area contributed by atoms with Crippen molar-refractivity contribution in [2.45, 2.75) is 31.7 Å². The van der Waals surface area contributed by atoms with E-state index in [1.807, 2.05) is 0 Å². The number of nitrogens with zero attached hydrogens (tertiary/aromatic N) is 1. The van der Waals surface area contributed by atoms with Crippen molar-refractivity contribution in [1.82, 2.24) is 5.32 Å². The van der Waals surface area contributed by atoms with Crippen molar-refractivity contribution in [1.29, 1.82) is 0 Å². The van der Waals surface area contributed by atoms with E-state index in [-0.39, 0.29) is 0 Å². The number of aliphatic imine (C=N–C) groups is 1. The predicted octanol–water partition coefficient (Wildman–Crippen LogP) is 0.463. The number of nitrogens with two attached hydrogens (primary N) is 1. The fraction of sp³-hybridized carbons (Fsp3) is 0.875. The third kappa shape index (κ3) is 1.32. The quantitative estimate of drug-likeness (QED) is 0.531. The van der Waals surface area contributed by atoms with Crippen molar-refractivity contribution >= 4 is 5.96 Å². The second-order valence-electron chi connectivity index (χ2n) is 3.52. The molecule has 0 bridgehead atoms. The third-order valence-corrected chi connectivity index (χ3v) is 2.74. The van der Waals surface area contributed by atoms with Gasteiger partial charge in [-0.25, -0.2) is 0 Å². The first-order valence-electron chi connectivity index (χ1n) is 4.43. The fourth-order valence-corrected chi connectivity index (χ4v) is 2.07. The number of nitrogens with one attached hydrogen (secondary N) is 1. The molecule has 0 aromatic heterocycles. The van der Waals surface area contributed by atoms with Gasteiger partial charge in [-0.15, -0.1) is 0 Å². The van der Waals surface area contributed by atoms with E-state index in [1.165, 1.54) is 25.7 Å². The minimum atomic E-state index is 0.626. The van der Waals surface area contributed by atoms with Gasteiger partial charge in [-0.1, -0.05) is 12.8 Å². The lowest BCUT2D eigenvalue weighted by Gasteiger charge is -2.34. The highest BCUT2D eigenvalue weighted by Gasteiger charge is 2.27. The summed E-state index contributed by atoms with van der Waals surface area (Å²) in [6, 6.07) is 0.626. The average Bonchev–Trinajstić information content (AvgIpc) is 2.04. The van der Waals surface area contributed by atoms with E-state index in [0.717, 1.165) is 12.5 Å². The van der Waals surface area contributed by atoms with E-state index in [9.17, 15) is 0 Å². The lowest BCUT2D eigenvalue weighted by atomic mass is 9.84. The van der Waals surface area contributed by atoms with Crippen LogP contribution in [-0.4, -0.2) is 18.5 Å². The Morgan fingerprint density at radius 1 is 1.36 bits per heavy atom. The Balaban J connectivity index is 2.04. The van der Waals surface area contributed by atoms with Gasteiger partial charge < -0.3 is 11.1 Å². The zero-order valence-electron chi connectivity index (χ0n) is 6.71. The Bertz CT molecular complexity index is 176. The maximum absolute atomic E-state index is 5.58. The zero-order chi connectivity index (χ0) is 7.68. The van der Waals surface area contributed by atoms with Crippen LogP contribution in [0, 0.1) is 5.92 Å². The van der Waals surface area contributed by atoms with Gasteiger partial charge in [0, 0.05) is 12.6 Å². The molecule has 2 unspecified atom stereocenters. The summed E-state index contributed by atoms with van der Waals surface area (Å²) in [5.74, 6) is 1.41. The monoisotopic (exact) mass is 153 g/mol. The Morgan fingerprint density at radius 2 is 2.18 bits per heavy atom. The number of fused-ring (bicyclic) bond motifs is 1.